The van der Waals surface area contributed by atoms with Gasteiger partial charge in [-0.25, -0.2) is 0 Å². The maximum Gasteiger partial charge on any atom is 0.252 e. The predicted octanol–water partition coefficient (Wildman–Crippen LogP) is 3.54. The van der Waals surface area contributed by atoms with E-state index in [1.165, 1.54) is 24.8 Å². The molecular formula is C18H23ClN2O. The van der Waals surface area contributed by atoms with E-state index >= 15 is 0 Å². The third-order valence-electron chi connectivity index (χ3n) is 4.85. The van der Waals surface area contributed by atoms with Gasteiger partial charge in [-0.15, -0.1) is 0 Å². The van der Waals surface area contributed by atoms with E-state index in [4.69, 9.17) is 11.6 Å². The normalized spacial score (nSPS) is 20.5. The second-order valence-electron chi connectivity index (χ2n) is 6.24. The topological polar surface area (TPSA) is 41.1 Å². The molecule has 1 aliphatic carbocycles. The number of likely N-dealkylation sites (N-methyl/N-ethyl adjacent to an activating group) is 1. The molecule has 2 N–H and O–H groups in total. The van der Waals surface area contributed by atoms with Crippen LogP contribution in [0.1, 0.15) is 44.6 Å². The van der Waals surface area contributed by atoms with Crippen molar-refractivity contribution in [3.05, 3.63) is 40.4 Å². The van der Waals surface area contributed by atoms with Gasteiger partial charge in [0.2, 0.25) is 0 Å². The Morgan fingerprint density at radius 1 is 1.18 bits per heavy atom. The lowest BCUT2D eigenvalue weighted by molar-refractivity contribution is -0.116. The van der Waals surface area contributed by atoms with E-state index in [9.17, 15) is 4.79 Å². The summed E-state index contributed by atoms with van der Waals surface area (Å²) in [4.78, 5) is 12.7. The van der Waals surface area contributed by atoms with Gasteiger partial charge in [0.15, 0.2) is 0 Å². The second kappa shape index (κ2) is 6.43. The Morgan fingerprint density at radius 2 is 1.86 bits per heavy atom. The molecule has 1 spiro atoms. The minimum Gasteiger partial charge on any atom is -0.343 e. The van der Waals surface area contributed by atoms with Crippen LogP contribution < -0.4 is 10.6 Å². The van der Waals surface area contributed by atoms with E-state index in [-0.39, 0.29) is 11.4 Å². The summed E-state index contributed by atoms with van der Waals surface area (Å²) < 4.78 is 0. The first kappa shape index (κ1) is 15.6. The Kier molecular flexibility index (Phi) is 4.55. The minimum atomic E-state index is -0.132. The molecule has 1 fully saturated rings. The van der Waals surface area contributed by atoms with Gasteiger partial charge in [0, 0.05) is 17.1 Å². The highest BCUT2D eigenvalue weighted by molar-refractivity contribution is 6.31. The average molecular weight is 319 g/mol. The van der Waals surface area contributed by atoms with Crippen LogP contribution in [0.5, 0.6) is 0 Å². The summed E-state index contributed by atoms with van der Waals surface area (Å²) in [7, 11) is 0. The standard InChI is InChI=1S/C18H23ClN2O/c1-2-20-12-15-16(13-6-8-14(19)9-7-13)17(22)21-18(15)10-4-3-5-11-18/h6-9,20H,2-5,10-12H2,1H3,(H,21,22). The van der Waals surface area contributed by atoms with Crippen molar-refractivity contribution in [3.8, 4) is 0 Å². The van der Waals surface area contributed by atoms with Crippen LogP contribution in [0.2, 0.25) is 5.02 Å². The smallest absolute Gasteiger partial charge is 0.252 e. The number of carbonyl (C=O) groups is 1. The maximum absolute atomic E-state index is 12.7. The average Bonchev–Trinajstić information content (AvgIpc) is 2.78. The van der Waals surface area contributed by atoms with Crippen molar-refractivity contribution in [2.45, 2.75) is 44.6 Å². The lowest BCUT2D eigenvalue weighted by atomic mass is 9.76. The Hall–Kier alpha value is -1.32. The third kappa shape index (κ3) is 2.80. The number of hydrogen-bond acceptors (Lipinski definition) is 2. The molecule has 2 aliphatic rings. The van der Waals surface area contributed by atoms with Crippen LogP contribution in [0.25, 0.3) is 5.57 Å². The van der Waals surface area contributed by atoms with Crippen LogP contribution in [0.3, 0.4) is 0 Å². The van der Waals surface area contributed by atoms with Crippen molar-refractivity contribution in [1.82, 2.24) is 10.6 Å². The van der Waals surface area contributed by atoms with Crippen LogP contribution >= 0.6 is 11.6 Å². The van der Waals surface area contributed by atoms with Gasteiger partial charge < -0.3 is 10.6 Å². The van der Waals surface area contributed by atoms with Gasteiger partial charge in [0.1, 0.15) is 0 Å². The van der Waals surface area contributed by atoms with Crippen molar-refractivity contribution < 1.29 is 4.79 Å². The highest BCUT2D eigenvalue weighted by atomic mass is 35.5. The third-order valence-corrected chi connectivity index (χ3v) is 5.10. The molecule has 0 aromatic heterocycles. The van der Waals surface area contributed by atoms with Crippen LogP contribution in [0.15, 0.2) is 29.8 Å². The Morgan fingerprint density at radius 3 is 2.50 bits per heavy atom. The van der Waals surface area contributed by atoms with Gasteiger partial charge in [-0.1, -0.05) is 49.9 Å². The summed E-state index contributed by atoms with van der Waals surface area (Å²) in [6.07, 6.45) is 5.74. The zero-order valence-electron chi connectivity index (χ0n) is 13.0. The molecule has 0 unspecified atom stereocenters. The molecule has 3 nitrogen and oxygen atoms in total. The zero-order chi connectivity index (χ0) is 15.6. The van der Waals surface area contributed by atoms with Gasteiger partial charge >= 0.3 is 0 Å². The summed E-state index contributed by atoms with van der Waals surface area (Å²) in [5.41, 5.74) is 2.92. The first-order chi connectivity index (χ1) is 10.7. The highest BCUT2D eigenvalue weighted by Gasteiger charge is 2.45. The molecule has 3 rings (SSSR count). The van der Waals surface area contributed by atoms with Gasteiger partial charge in [-0.2, -0.15) is 0 Å². The van der Waals surface area contributed by atoms with Crippen molar-refractivity contribution in [2.24, 2.45) is 0 Å². The Labute approximate surface area is 137 Å². The molecule has 22 heavy (non-hydrogen) atoms. The first-order valence-electron chi connectivity index (χ1n) is 8.19. The summed E-state index contributed by atoms with van der Waals surface area (Å²) in [6.45, 7) is 3.77. The Balaban J connectivity index is 2.05. The molecule has 118 valence electrons. The van der Waals surface area contributed by atoms with E-state index in [1.54, 1.807) is 0 Å². The van der Waals surface area contributed by atoms with Gasteiger partial charge in [0.25, 0.3) is 5.91 Å². The van der Waals surface area contributed by atoms with Crippen molar-refractivity contribution in [3.63, 3.8) is 0 Å². The molecular weight excluding hydrogens is 296 g/mol. The second-order valence-corrected chi connectivity index (χ2v) is 6.67. The molecule has 4 heteroatoms. The van der Waals surface area contributed by atoms with E-state index in [0.29, 0.717) is 5.02 Å². The number of halogens is 1. The summed E-state index contributed by atoms with van der Waals surface area (Å²) in [6, 6.07) is 7.61. The van der Waals surface area contributed by atoms with Gasteiger partial charge in [0.05, 0.1) is 5.54 Å². The van der Waals surface area contributed by atoms with E-state index in [0.717, 1.165) is 37.1 Å². The highest BCUT2D eigenvalue weighted by Crippen LogP contribution is 2.42. The number of amides is 1. The fourth-order valence-electron chi connectivity index (χ4n) is 3.74. The number of benzene rings is 1. The molecule has 1 amide bonds. The van der Waals surface area contributed by atoms with Crippen molar-refractivity contribution in [2.75, 3.05) is 13.1 Å². The Bertz CT molecular complexity index is 586. The molecule has 1 saturated carbocycles. The van der Waals surface area contributed by atoms with Crippen molar-refractivity contribution in [1.29, 1.82) is 0 Å². The summed E-state index contributed by atoms with van der Waals surface area (Å²) in [5, 5.41) is 7.42. The lowest BCUT2D eigenvalue weighted by Gasteiger charge is -2.36. The first-order valence-corrected chi connectivity index (χ1v) is 8.57. The largest absolute Gasteiger partial charge is 0.343 e. The molecule has 1 heterocycles. The molecule has 0 saturated heterocycles. The van der Waals surface area contributed by atoms with E-state index < -0.39 is 0 Å². The summed E-state index contributed by atoms with van der Waals surface area (Å²) in [5.74, 6) is 0.0668. The van der Waals surface area contributed by atoms with E-state index in [1.807, 2.05) is 24.3 Å². The molecule has 0 atom stereocenters. The maximum atomic E-state index is 12.7. The van der Waals surface area contributed by atoms with Gasteiger partial charge in [-0.3, -0.25) is 4.79 Å². The summed E-state index contributed by atoms with van der Waals surface area (Å²) >= 11 is 5.99. The number of carbonyl (C=O) groups excluding carboxylic acids is 1. The van der Waals surface area contributed by atoms with Crippen LogP contribution in [-0.4, -0.2) is 24.5 Å². The lowest BCUT2D eigenvalue weighted by Crippen LogP contribution is -2.47. The monoisotopic (exact) mass is 318 g/mol. The zero-order valence-corrected chi connectivity index (χ0v) is 13.8. The predicted molar refractivity (Wildman–Crippen MR) is 90.9 cm³/mol. The fourth-order valence-corrected chi connectivity index (χ4v) is 3.87. The fraction of sp³-hybridized carbons (Fsp3) is 0.500. The molecule has 0 radical (unpaired) electrons. The molecule has 0 bridgehead atoms. The number of nitrogens with one attached hydrogen (secondary N) is 2. The minimum absolute atomic E-state index is 0.0668. The quantitative estimate of drug-likeness (QED) is 0.891. The van der Waals surface area contributed by atoms with Crippen LogP contribution in [-0.2, 0) is 4.79 Å². The molecule has 1 aromatic rings. The van der Waals surface area contributed by atoms with E-state index in [2.05, 4.69) is 17.6 Å². The van der Waals surface area contributed by atoms with Crippen LogP contribution in [0, 0.1) is 0 Å². The SMILES string of the molecule is CCNCC1=C(c2ccc(Cl)cc2)C(=O)NC12CCCCC2. The molecule has 1 aromatic carbocycles. The van der Waals surface area contributed by atoms with Crippen molar-refractivity contribution >= 4 is 23.1 Å². The number of rotatable bonds is 4. The van der Waals surface area contributed by atoms with Gasteiger partial charge in [-0.05, 0) is 42.7 Å². The number of hydrogen-bond donors (Lipinski definition) is 2. The molecule has 1 aliphatic heterocycles. The van der Waals surface area contributed by atoms with Crippen LogP contribution in [0.4, 0.5) is 0 Å².